The first-order chi connectivity index (χ1) is 11.9. The van der Waals surface area contributed by atoms with E-state index in [1.807, 2.05) is 28.9 Å². The van der Waals surface area contributed by atoms with E-state index in [9.17, 15) is 0 Å². The molecule has 1 aromatic carbocycles. The molecule has 2 heterocycles. The van der Waals surface area contributed by atoms with Crippen LogP contribution in [0, 0.1) is 0 Å². The maximum Gasteiger partial charge on any atom is 0.165 e. The van der Waals surface area contributed by atoms with Gasteiger partial charge in [0.15, 0.2) is 5.65 Å². The van der Waals surface area contributed by atoms with Crippen molar-refractivity contribution < 1.29 is 4.90 Å². The van der Waals surface area contributed by atoms with E-state index in [1.165, 1.54) is 4.90 Å². The number of nitrogens with zero attached hydrogens (tertiary/aromatic N) is 3. The smallest absolute Gasteiger partial charge is 0.165 e. The quantitative estimate of drug-likeness (QED) is 0.750. The average molecular weight is 338 g/mol. The molecule has 0 unspecified atom stereocenters. The Balaban J connectivity index is 2.10. The summed E-state index contributed by atoms with van der Waals surface area (Å²) in [4.78, 5) is 6.36. The summed E-state index contributed by atoms with van der Waals surface area (Å²) in [5, 5.41) is 8.14. The first-order valence-electron chi connectivity index (χ1n) is 8.84. The summed E-state index contributed by atoms with van der Waals surface area (Å²) < 4.78 is 1.92. The third-order valence-electron chi connectivity index (χ3n) is 4.26. The van der Waals surface area contributed by atoms with Crippen molar-refractivity contribution in [1.82, 2.24) is 14.6 Å². The first kappa shape index (κ1) is 17.4. The highest BCUT2D eigenvalue weighted by molar-refractivity contribution is 5.78. The van der Waals surface area contributed by atoms with Crippen LogP contribution < -0.4 is 10.2 Å². The highest BCUT2D eigenvalue weighted by atomic mass is 15.3. The van der Waals surface area contributed by atoms with Crippen LogP contribution in [0.2, 0.25) is 0 Å². The summed E-state index contributed by atoms with van der Waals surface area (Å²) in [6.07, 6.45) is 1.91. The van der Waals surface area contributed by atoms with Crippen LogP contribution in [0.15, 0.2) is 42.6 Å². The van der Waals surface area contributed by atoms with E-state index in [0.717, 1.165) is 41.4 Å². The predicted molar refractivity (Wildman–Crippen MR) is 103 cm³/mol. The lowest BCUT2D eigenvalue weighted by Crippen LogP contribution is -3.06. The highest BCUT2D eigenvalue weighted by Crippen LogP contribution is 2.29. The van der Waals surface area contributed by atoms with Crippen molar-refractivity contribution in [2.75, 3.05) is 32.5 Å². The second-order valence-corrected chi connectivity index (χ2v) is 7.82. The Bertz CT molecular complexity index is 844. The minimum absolute atomic E-state index is 0.0246. The molecule has 0 saturated heterocycles. The van der Waals surface area contributed by atoms with Gasteiger partial charge in [0, 0.05) is 17.0 Å². The normalized spacial score (nSPS) is 12.1. The van der Waals surface area contributed by atoms with E-state index in [-0.39, 0.29) is 5.41 Å². The van der Waals surface area contributed by atoms with Gasteiger partial charge >= 0.3 is 0 Å². The molecule has 2 N–H and O–H groups in total. The van der Waals surface area contributed by atoms with Gasteiger partial charge in [0.1, 0.15) is 5.82 Å². The molecule has 3 rings (SSSR count). The average Bonchev–Trinajstić information content (AvgIpc) is 2.98. The van der Waals surface area contributed by atoms with E-state index < -0.39 is 0 Å². The fourth-order valence-corrected chi connectivity index (χ4v) is 2.73. The van der Waals surface area contributed by atoms with Gasteiger partial charge in [0.25, 0.3) is 0 Å². The molecule has 0 spiro atoms. The molecule has 5 heteroatoms. The molecular weight excluding hydrogens is 310 g/mol. The molecule has 0 amide bonds. The maximum atomic E-state index is 4.94. The van der Waals surface area contributed by atoms with Gasteiger partial charge in [-0.1, -0.05) is 51.1 Å². The number of hydrogen-bond acceptors (Lipinski definition) is 3. The predicted octanol–water partition coefficient (Wildman–Crippen LogP) is 2.25. The van der Waals surface area contributed by atoms with E-state index in [0.29, 0.717) is 0 Å². The number of hydrogen-bond donors (Lipinski definition) is 2. The van der Waals surface area contributed by atoms with Crippen molar-refractivity contribution >= 4 is 11.5 Å². The lowest BCUT2D eigenvalue weighted by Gasteiger charge is -2.20. The van der Waals surface area contributed by atoms with E-state index in [1.54, 1.807) is 0 Å². The fraction of sp³-hybridized carbons (Fsp3) is 0.400. The van der Waals surface area contributed by atoms with Crippen molar-refractivity contribution in [3.8, 4) is 11.1 Å². The summed E-state index contributed by atoms with van der Waals surface area (Å²) in [6.45, 7) is 8.52. The molecule has 132 valence electrons. The number of aromatic nitrogens is 3. The largest absolute Gasteiger partial charge is 0.364 e. The SMILES string of the molecule is C[NH+](C)CCNc1cc(C(C)(C)C)nc2c(-c3ccccc3)cnn12. The van der Waals surface area contributed by atoms with Crippen LogP contribution in [0.1, 0.15) is 26.5 Å². The molecule has 0 atom stereocenters. The molecule has 0 aliphatic carbocycles. The molecule has 3 aromatic rings. The van der Waals surface area contributed by atoms with Crippen LogP contribution in [-0.4, -0.2) is 41.8 Å². The molecule has 0 saturated carbocycles. The zero-order chi connectivity index (χ0) is 18.0. The third-order valence-corrected chi connectivity index (χ3v) is 4.26. The van der Waals surface area contributed by atoms with Crippen molar-refractivity contribution in [2.24, 2.45) is 0 Å². The number of anilines is 1. The number of quaternary nitrogens is 1. The first-order valence-corrected chi connectivity index (χ1v) is 8.84. The minimum Gasteiger partial charge on any atom is -0.364 e. The number of likely N-dealkylation sites (N-methyl/N-ethyl adjacent to an activating group) is 1. The number of rotatable bonds is 5. The number of fused-ring (bicyclic) bond motifs is 1. The van der Waals surface area contributed by atoms with Crippen LogP contribution in [0.25, 0.3) is 16.8 Å². The van der Waals surface area contributed by atoms with Gasteiger partial charge in [-0.25, -0.2) is 4.98 Å². The van der Waals surface area contributed by atoms with Crippen molar-refractivity contribution in [2.45, 2.75) is 26.2 Å². The van der Waals surface area contributed by atoms with Crippen molar-refractivity contribution in [1.29, 1.82) is 0 Å². The van der Waals surface area contributed by atoms with Crippen LogP contribution in [0.5, 0.6) is 0 Å². The number of nitrogens with one attached hydrogen (secondary N) is 2. The van der Waals surface area contributed by atoms with E-state index in [2.05, 4.69) is 63.5 Å². The van der Waals surface area contributed by atoms with Gasteiger partial charge in [-0.05, 0) is 5.56 Å². The molecule has 2 aromatic heterocycles. The van der Waals surface area contributed by atoms with Gasteiger partial charge in [-0.3, -0.25) is 0 Å². The Labute approximate surface area is 149 Å². The Morgan fingerprint density at radius 2 is 1.84 bits per heavy atom. The van der Waals surface area contributed by atoms with Gasteiger partial charge in [0.05, 0.1) is 39.1 Å². The fourth-order valence-electron chi connectivity index (χ4n) is 2.73. The van der Waals surface area contributed by atoms with Gasteiger partial charge in [-0.15, -0.1) is 0 Å². The molecular formula is C20H28N5+. The Kier molecular flexibility index (Phi) is 4.77. The Morgan fingerprint density at radius 3 is 2.48 bits per heavy atom. The van der Waals surface area contributed by atoms with Gasteiger partial charge in [0.2, 0.25) is 0 Å². The minimum atomic E-state index is -0.0246. The molecule has 0 aliphatic heterocycles. The Hall–Kier alpha value is -2.40. The van der Waals surface area contributed by atoms with Crippen LogP contribution in [-0.2, 0) is 5.41 Å². The van der Waals surface area contributed by atoms with Crippen LogP contribution in [0.4, 0.5) is 5.82 Å². The molecule has 0 bridgehead atoms. The molecule has 5 nitrogen and oxygen atoms in total. The summed E-state index contributed by atoms with van der Waals surface area (Å²) in [5.74, 6) is 0.998. The lowest BCUT2D eigenvalue weighted by molar-refractivity contribution is -0.856. The van der Waals surface area contributed by atoms with E-state index in [4.69, 9.17) is 4.98 Å². The topological polar surface area (TPSA) is 46.7 Å². The van der Waals surface area contributed by atoms with Crippen LogP contribution in [0.3, 0.4) is 0 Å². The Morgan fingerprint density at radius 1 is 1.12 bits per heavy atom. The van der Waals surface area contributed by atoms with E-state index >= 15 is 0 Å². The van der Waals surface area contributed by atoms with Gasteiger partial charge in [-0.2, -0.15) is 9.61 Å². The lowest BCUT2D eigenvalue weighted by atomic mass is 9.92. The van der Waals surface area contributed by atoms with Gasteiger partial charge < -0.3 is 10.2 Å². The molecule has 25 heavy (non-hydrogen) atoms. The standard InChI is InChI=1S/C20H27N5/c1-20(2,3)17-13-18(21-11-12-24(4)5)25-19(23-17)16(14-22-25)15-9-7-6-8-10-15/h6-10,13-14,21H,11-12H2,1-5H3/p+1. The summed E-state index contributed by atoms with van der Waals surface area (Å²) in [7, 11) is 4.32. The zero-order valence-electron chi connectivity index (χ0n) is 15.8. The second kappa shape index (κ2) is 6.84. The summed E-state index contributed by atoms with van der Waals surface area (Å²) >= 11 is 0. The van der Waals surface area contributed by atoms with Crippen molar-refractivity contribution in [3.63, 3.8) is 0 Å². The monoisotopic (exact) mass is 338 g/mol. The molecule has 0 aliphatic rings. The second-order valence-electron chi connectivity index (χ2n) is 7.82. The number of benzene rings is 1. The maximum absolute atomic E-state index is 4.94. The molecule has 0 fully saturated rings. The summed E-state index contributed by atoms with van der Waals surface area (Å²) in [5.41, 5.74) is 4.15. The molecule has 0 radical (unpaired) electrons. The highest BCUT2D eigenvalue weighted by Gasteiger charge is 2.20. The summed E-state index contributed by atoms with van der Waals surface area (Å²) in [6, 6.07) is 12.5. The van der Waals surface area contributed by atoms with Crippen LogP contribution >= 0.6 is 0 Å². The zero-order valence-corrected chi connectivity index (χ0v) is 15.8. The third kappa shape index (κ3) is 3.82. The van der Waals surface area contributed by atoms with Crippen molar-refractivity contribution in [3.05, 3.63) is 48.3 Å².